The van der Waals surface area contributed by atoms with Crippen LogP contribution in [0.5, 0.6) is 0 Å². The van der Waals surface area contributed by atoms with E-state index in [4.69, 9.17) is 14.9 Å². The Labute approximate surface area is 212 Å². The lowest BCUT2D eigenvalue weighted by atomic mass is 10.0. The first-order valence-corrected chi connectivity index (χ1v) is 12.2. The third kappa shape index (κ3) is 5.18. The smallest absolute Gasteiger partial charge is 0.408 e. The molecule has 0 unspecified atom stereocenters. The van der Waals surface area contributed by atoms with E-state index >= 15 is 4.39 Å². The molecule has 0 radical (unpaired) electrons. The van der Waals surface area contributed by atoms with Gasteiger partial charge in [-0.2, -0.15) is 0 Å². The van der Waals surface area contributed by atoms with E-state index in [1.165, 1.54) is 18.3 Å². The van der Waals surface area contributed by atoms with Crippen LogP contribution >= 0.6 is 0 Å². The normalized spacial score (nSPS) is 19.2. The Kier molecular flexibility index (Phi) is 6.90. The predicted octanol–water partition coefficient (Wildman–Crippen LogP) is 2.48. The van der Waals surface area contributed by atoms with Gasteiger partial charge in [0.2, 0.25) is 11.8 Å². The van der Waals surface area contributed by atoms with Crippen molar-refractivity contribution in [2.24, 2.45) is 0 Å². The van der Waals surface area contributed by atoms with Crippen LogP contribution < -0.4 is 16.8 Å². The van der Waals surface area contributed by atoms with Crippen molar-refractivity contribution in [1.29, 1.82) is 0 Å². The molecule has 2 aliphatic heterocycles. The summed E-state index contributed by atoms with van der Waals surface area (Å²) in [5.74, 6) is -2.03. The van der Waals surface area contributed by atoms with Gasteiger partial charge in [-0.3, -0.25) is 24.4 Å². The summed E-state index contributed by atoms with van der Waals surface area (Å²) in [6.45, 7) is 2.54. The second-order valence-electron chi connectivity index (χ2n) is 9.38. The van der Waals surface area contributed by atoms with Crippen molar-refractivity contribution < 1.29 is 23.1 Å². The number of piperidine rings is 2. The summed E-state index contributed by atoms with van der Waals surface area (Å²) in [5.41, 5.74) is 8.25. The van der Waals surface area contributed by atoms with E-state index in [9.17, 15) is 14.4 Å². The van der Waals surface area contributed by atoms with Gasteiger partial charge in [-0.05, 0) is 37.5 Å². The number of imide groups is 1. The largest absolute Gasteiger partial charge is 0.420 e. The van der Waals surface area contributed by atoms with E-state index in [2.05, 4.69) is 15.2 Å². The number of anilines is 1. The highest BCUT2D eigenvalue weighted by Gasteiger charge is 2.30. The molecule has 5 rings (SSSR count). The molecule has 0 saturated carbocycles. The number of oxazole rings is 1. The number of ether oxygens (including phenoxy) is 1. The maximum atomic E-state index is 15.1. The molecule has 0 spiro atoms. The summed E-state index contributed by atoms with van der Waals surface area (Å²) in [7, 11) is 1.74. The average molecular weight is 510 g/mol. The van der Waals surface area contributed by atoms with E-state index in [0.29, 0.717) is 29.7 Å². The van der Waals surface area contributed by atoms with E-state index in [1.807, 2.05) is 12.1 Å². The number of halogens is 1. The van der Waals surface area contributed by atoms with E-state index < -0.39 is 29.4 Å². The number of likely N-dealkylation sites (tertiary alicyclic amines) is 1. The molecule has 194 valence electrons. The fourth-order valence-corrected chi connectivity index (χ4v) is 4.86. The highest BCUT2D eigenvalue weighted by Crippen LogP contribution is 2.29. The summed E-state index contributed by atoms with van der Waals surface area (Å²) in [6, 6.07) is 7.28. The topological polar surface area (TPSA) is 133 Å². The van der Waals surface area contributed by atoms with Crippen molar-refractivity contribution in [2.45, 2.75) is 44.4 Å². The first kappa shape index (κ1) is 24.8. The number of pyridine rings is 1. The zero-order valence-electron chi connectivity index (χ0n) is 20.4. The number of hydrogen-bond donors (Lipinski definition) is 2. The van der Waals surface area contributed by atoms with Crippen LogP contribution in [-0.2, 0) is 20.9 Å². The zero-order valence-corrected chi connectivity index (χ0v) is 20.4. The number of carbonyl (C=O) groups excluding carboxylic acids is 2. The number of hydrogen-bond acceptors (Lipinski definition) is 8. The highest BCUT2D eigenvalue weighted by atomic mass is 19.1. The number of nitrogen functional groups attached to an aromatic ring is 1. The first-order chi connectivity index (χ1) is 17.8. The Bertz CT molecular complexity index is 1390. The second-order valence-corrected chi connectivity index (χ2v) is 9.38. The Morgan fingerprint density at radius 3 is 2.62 bits per heavy atom. The van der Waals surface area contributed by atoms with Crippen molar-refractivity contribution in [1.82, 2.24) is 19.8 Å². The van der Waals surface area contributed by atoms with Gasteiger partial charge < -0.3 is 14.9 Å². The van der Waals surface area contributed by atoms with Crippen LogP contribution in [0.15, 0.2) is 45.7 Å². The molecule has 4 heterocycles. The van der Waals surface area contributed by atoms with Gasteiger partial charge in [0, 0.05) is 44.3 Å². The number of benzene rings is 1. The molecule has 3 N–H and O–H groups in total. The maximum Gasteiger partial charge on any atom is 0.420 e. The van der Waals surface area contributed by atoms with E-state index in [0.717, 1.165) is 36.1 Å². The van der Waals surface area contributed by atoms with Crippen molar-refractivity contribution in [3.05, 3.63) is 58.5 Å². The van der Waals surface area contributed by atoms with Crippen molar-refractivity contribution in [3.63, 3.8) is 0 Å². The van der Waals surface area contributed by atoms with Crippen LogP contribution in [0.4, 0.5) is 10.2 Å². The summed E-state index contributed by atoms with van der Waals surface area (Å²) in [5, 5.41) is 2.20. The minimum absolute atomic E-state index is 0.0150. The average Bonchev–Trinajstić information content (AvgIpc) is 3.26. The third-order valence-electron chi connectivity index (χ3n) is 7.01. The van der Waals surface area contributed by atoms with Crippen LogP contribution in [-0.4, -0.2) is 52.6 Å². The number of nitrogens with zero attached hydrogens (tertiary/aromatic N) is 3. The van der Waals surface area contributed by atoms with Crippen molar-refractivity contribution in [3.8, 4) is 22.6 Å². The van der Waals surface area contributed by atoms with E-state index in [1.54, 1.807) is 13.2 Å². The quantitative estimate of drug-likeness (QED) is 0.485. The molecular weight excluding hydrogens is 481 g/mol. The molecule has 11 heteroatoms. The summed E-state index contributed by atoms with van der Waals surface area (Å²) >= 11 is 0. The zero-order chi connectivity index (χ0) is 26.1. The number of amides is 2. The molecule has 2 saturated heterocycles. The first-order valence-electron chi connectivity index (χ1n) is 12.2. The molecule has 10 nitrogen and oxygen atoms in total. The number of methoxy groups -OCH3 is 1. The van der Waals surface area contributed by atoms with Crippen molar-refractivity contribution >= 4 is 17.6 Å². The molecule has 1 atom stereocenters. The van der Waals surface area contributed by atoms with Gasteiger partial charge in [0.15, 0.2) is 5.76 Å². The molecule has 37 heavy (non-hydrogen) atoms. The molecule has 0 bridgehead atoms. The molecule has 3 aromatic rings. The van der Waals surface area contributed by atoms with E-state index in [-0.39, 0.29) is 24.2 Å². The Hall–Kier alpha value is -3.83. The molecule has 2 amide bonds. The molecule has 2 aromatic heterocycles. The minimum atomic E-state index is -0.887. The Morgan fingerprint density at radius 2 is 1.95 bits per heavy atom. The van der Waals surface area contributed by atoms with Crippen LogP contribution in [0.1, 0.15) is 37.3 Å². The van der Waals surface area contributed by atoms with Gasteiger partial charge in [-0.25, -0.2) is 14.2 Å². The molecule has 2 aliphatic rings. The number of carbonyl (C=O) groups is 2. The van der Waals surface area contributed by atoms with Crippen LogP contribution in [0.3, 0.4) is 0 Å². The lowest BCUT2D eigenvalue weighted by molar-refractivity contribution is -0.135. The van der Waals surface area contributed by atoms with Gasteiger partial charge in [-0.15, -0.1) is 0 Å². The van der Waals surface area contributed by atoms with Gasteiger partial charge in [-0.1, -0.05) is 12.1 Å². The fraction of sp³-hybridized carbons (Fsp3) is 0.385. The minimum Gasteiger partial charge on any atom is -0.408 e. The van der Waals surface area contributed by atoms with Gasteiger partial charge in [0.25, 0.3) is 0 Å². The maximum absolute atomic E-state index is 15.1. The lowest BCUT2D eigenvalue weighted by Gasteiger charge is -2.31. The third-order valence-corrected chi connectivity index (χ3v) is 7.01. The monoisotopic (exact) mass is 509 g/mol. The Morgan fingerprint density at radius 1 is 1.16 bits per heavy atom. The molecule has 1 aromatic carbocycles. The SMILES string of the molecule is COC1CCN(Cc2ccc(-c3ccc(-c4cn([C@@H]5CCC(=O)NC5=O)c(=O)o4)c(F)c3)nc2N)CC1. The second kappa shape index (κ2) is 10.3. The number of rotatable bonds is 6. The predicted molar refractivity (Wildman–Crippen MR) is 133 cm³/mol. The fourth-order valence-electron chi connectivity index (χ4n) is 4.86. The van der Waals surface area contributed by atoms with Crippen LogP contribution in [0, 0.1) is 5.82 Å². The lowest BCUT2D eigenvalue weighted by Crippen LogP contribution is -2.43. The number of aromatic nitrogens is 2. The van der Waals surface area contributed by atoms with Crippen molar-refractivity contribution in [2.75, 3.05) is 25.9 Å². The number of nitrogens with one attached hydrogen (secondary N) is 1. The van der Waals surface area contributed by atoms with Gasteiger partial charge in [0.05, 0.1) is 23.6 Å². The van der Waals surface area contributed by atoms with Crippen LogP contribution in [0.25, 0.3) is 22.6 Å². The van der Waals surface area contributed by atoms with Crippen LogP contribution in [0.2, 0.25) is 0 Å². The molecule has 0 aliphatic carbocycles. The number of nitrogens with two attached hydrogens (primary N) is 1. The van der Waals surface area contributed by atoms with Gasteiger partial charge >= 0.3 is 5.76 Å². The molecule has 2 fully saturated rings. The molecular formula is C26H28FN5O5. The summed E-state index contributed by atoms with van der Waals surface area (Å²) in [4.78, 5) is 42.7. The summed E-state index contributed by atoms with van der Waals surface area (Å²) in [6.07, 6.45) is 3.82. The standard InChI is InChI=1S/C26H28FN5O5/c1-36-17-8-10-31(11-9-17)13-16-3-5-20(29-24(16)28)15-2-4-18(19(27)12-15)22-14-32(26(35)37-22)21-6-7-23(33)30-25(21)34/h2-5,12,14,17,21H,6-11,13H2,1H3,(H2,28,29)(H,30,33,34)/t21-/m1/s1. The summed E-state index contributed by atoms with van der Waals surface area (Å²) < 4.78 is 26.9. The highest BCUT2D eigenvalue weighted by molar-refractivity contribution is 5.99. The Balaban J connectivity index is 1.32. The van der Waals surface area contributed by atoms with Gasteiger partial charge in [0.1, 0.15) is 17.7 Å².